The standard InChI is InChI=1S/C13H10O3.C2H6/c14-13(16-15)8-6-10-5-7-11-3-1-2-4-12(11)9-10;1-2/h1-9,15H;1-2H3/b8-6+;. The Labute approximate surface area is 106 Å². The molecule has 18 heavy (non-hydrogen) atoms. The molecule has 2 rings (SSSR count). The molecular weight excluding hydrogens is 228 g/mol. The predicted octanol–water partition coefficient (Wildman–Crippen LogP) is 3.90. The molecule has 0 aliphatic heterocycles. The number of carbonyl (C=O) groups excluding carboxylic acids is 1. The Hall–Kier alpha value is -2.13. The van der Waals surface area contributed by atoms with E-state index in [0.29, 0.717) is 0 Å². The van der Waals surface area contributed by atoms with E-state index in [4.69, 9.17) is 5.26 Å². The Bertz CT molecular complexity index is 544. The first kappa shape index (κ1) is 13.9. The molecule has 0 unspecified atom stereocenters. The molecule has 0 aliphatic carbocycles. The SMILES string of the molecule is CC.O=C(/C=C/c1ccc2ccccc2c1)OO. The lowest BCUT2D eigenvalue weighted by Crippen LogP contribution is -1.93. The van der Waals surface area contributed by atoms with Crippen molar-refractivity contribution in [1.82, 2.24) is 0 Å². The molecule has 3 heteroatoms. The summed E-state index contributed by atoms with van der Waals surface area (Å²) in [5, 5.41) is 10.3. The molecule has 0 atom stereocenters. The van der Waals surface area contributed by atoms with E-state index >= 15 is 0 Å². The van der Waals surface area contributed by atoms with Crippen LogP contribution >= 0.6 is 0 Å². The minimum atomic E-state index is -0.784. The predicted molar refractivity (Wildman–Crippen MR) is 73.1 cm³/mol. The van der Waals surface area contributed by atoms with Crippen molar-refractivity contribution in [3.8, 4) is 0 Å². The Morgan fingerprint density at radius 1 is 1.11 bits per heavy atom. The van der Waals surface area contributed by atoms with E-state index in [1.165, 1.54) is 6.08 Å². The van der Waals surface area contributed by atoms with Crippen molar-refractivity contribution in [1.29, 1.82) is 0 Å². The van der Waals surface area contributed by atoms with Gasteiger partial charge in [0.2, 0.25) is 0 Å². The summed E-state index contributed by atoms with van der Waals surface area (Å²) in [4.78, 5) is 14.2. The van der Waals surface area contributed by atoms with Crippen LogP contribution in [-0.2, 0) is 9.68 Å². The minimum absolute atomic E-state index is 0.784. The van der Waals surface area contributed by atoms with E-state index in [-0.39, 0.29) is 0 Å². The topological polar surface area (TPSA) is 46.5 Å². The number of carbonyl (C=O) groups is 1. The summed E-state index contributed by atoms with van der Waals surface area (Å²) in [7, 11) is 0. The van der Waals surface area contributed by atoms with Gasteiger partial charge in [-0.2, -0.15) is 5.26 Å². The van der Waals surface area contributed by atoms with Gasteiger partial charge in [0.15, 0.2) is 0 Å². The number of benzene rings is 2. The van der Waals surface area contributed by atoms with Crippen LogP contribution in [0.5, 0.6) is 0 Å². The third-order valence-corrected chi connectivity index (χ3v) is 2.28. The van der Waals surface area contributed by atoms with Crippen LogP contribution in [0.1, 0.15) is 19.4 Å². The lowest BCUT2D eigenvalue weighted by atomic mass is 10.1. The van der Waals surface area contributed by atoms with Gasteiger partial charge in [0, 0.05) is 6.08 Å². The molecule has 0 amide bonds. The Morgan fingerprint density at radius 3 is 2.44 bits per heavy atom. The van der Waals surface area contributed by atoms with Crippen molar-refractivity contribution in [2.24, 2.45) is 0 Å². The van der Waals surface area contributed by atoms with Crippen molar-refractivity contribution < 1.29 is 14.9 Å². The smallest absolute Gasteiger partial charge is 0.296 e. The highest BCUT2D eigenvalue weighted by Gasteiger charge is 1.95. The molecule has 3 nitrogen and oxygen atoms in total. The average Bonchev–Trinajstić information content (AvgIpc) is 2.46. The molecule has 0 spiro atoms. The van der Waals surface area contributed by atoms with Gasteiger partial charge in [0.1, 0.15) is 0 Å². The summed E-state index contributed by atoms with van der Waals surface area (Å²) in [5.74, 6) is -0.784. The molecule has 2 aromatic carbocycles. The number of fused-ring (bicyclic) bond motifs is 1. The molecule has 0 bridgehead atoms. The second-order valence-electron chi connectivity index (χ2n) is 3.35. The highest BCUT2D eigenvalue weighted by atomic mass is 17.1. The third-order valence-electron chi connectivity index (χ3n) is 2.28. The number of hydrogen-bond donors (Lipinski definition) is 1. The summed E-state index contributed by atoms with van der Waals surface area (Å²) in [5.41, 5.74) is 0.879. The molecule has 0 heterocycles. The maximum absolute atomic E-state index is 10.7. The van der Waals surface area contributed by atoms with Gasteiger partial charge in [-0.15, -0.1) is 0 Å². The maximum atomic E-state index is 10.7. The van der Waals surface area contributed by atoms with Crippen molar-refractivity contribution in [3.05, 3.63) is 54.1 Å². The van der Waals surface area contributed by atoms with Crippen molar-refractivity contribution in [2.45, 2.75) is 13.8 Å². The fraction of sp³-hybridized carbons (Fsp3) is 0.133. The summed E-state index contributed by atoms with van der Waals surface area (Å²) in [6.45, 7) is 4.00. The van der Waals surface area contributed by atoms with Crippen LogP contribution < -0.4 is 0 Å². The van der Waals surface area contributed by atoms with Gasteiger partial charge < -0.3 is 0 Å². The second kappa shape index (κ2) is 7.25. The summed E-state index contributed by atoms with van der Waals surface area (Å²) in [6, 6.07) is 13.8. The Morgan fingerprint density at radius 2 is 1.78 bits per heavy atom. The molecule has 1 N–H and O–H groups in total. The fourth-order valence-electron chi connectivity index (χ4n) is 1.51. The lowest BCUT2D eigenvalue weighted by molar-refractivity contribution is -0.227. The molecule has 0 fully saturated rings. The zero-order chi connectivity index (χ0) is 13.4. The van der Waals surface area contributed by atoms with Gasteiger partial charge in [0.05, 0.1) is 0 Å². The summed E-state index contributed by atoms with van der Waals surface area (Å²) in [6.07, 6.45) is 2.76. The third kappa shape index (κ3) is 3.71. The quantitative estimate of drug-likeness (QED) is 0.495. The summed E-state index contributed by atoms with van der Waals surface area (Å²) >= 11 is 0. The largest absolute Gasteiger partial charge is 0.365 e. The molecule has 0 saturated heterocycles. The molecule has 0 saturated carbocycles. The van der Waals surface area contributed by atoms with Crippen LogP contribution in [0.3, 0.4) is 0 Å². The van der Waals surface area contributed by atoms with Crippen LogP contribution in [0.15, 0.2) is 48.5 Å². The fourth-order valence-corrected chi connectivity index (χ4v) is 1.51. The van der Waals surface area contributed by atoms with Crippen molar-refractivity contribution >= 4 is 22.8 Å². The van der Waals surface area contributed by atoms with Gasteiger partial charge in [-0.3, -0.25) is 4.89 Å². The maximum Gasteiger partial charge on any atom is 0.365 e. The summed E-state index contributed by atoms with van der Waals surface area (Å²) < 4.78 is 0. The van der Waals surface area contributed by atoms with Crippen LogP contribution in [0.25, 0.3) is 16.8 Å². The first-order chi connectivity index (χ1) is 8.79. The molecule has 94 valence electrons. The average molecular weight is 244 g/mol. The number of hydrogen-bond acceptors (Lipinski definition) is 3. The van der Waals surface area contributed by atoms with E-state index in [2.05, 4.69) is 4.89 Å². The second-order valence-corrected chi connectivity index (χ2v) is 3.35. The van der Waals surface area contributed by atoms with Gasteiger partial charge >= 0.3 is 5.97 Å². The van der Waals surface area contributed by atoms with Crippen LogP contribution in [0, 0.1) is 0 Å². The highest BCUT2D eigenvalue weighted by molar-refractivity contribution is 5.89. The molecule has 0 aliphatic rings. The molecule has 2 aromatic rings. The molecule has 0 aromatic heterocycles. The van der Waals surface area contributed by atoms with Gasteiger partial charge in [-0.1, -0.05) is 50.2 Å². The Kier molecular flexibility index (Phi) is 5.61. The lowest BCUT2D eigenvalue weighted by Gasteiger charge is -1.98. The van der Waals surface area contributed by atoms with E-state index in [9.17, 15) is 4.79 Å². The van der Waals surface area contributed by atoms with E-state index in [1.54, 1.807) is 6.08 Å². The van der Waals surface area contributed by atoms with Crippen LogP contribution in [0.4, 0.5) is 0 Å². The normalized spacial score (nSPS) is 9.94. The monoisotopic (exact) mass is 244 g/mol. The van der Waals surface area contributed by atoms with Crippen molar-refractivity contribution in [3.63, 3.8) is 0 Å². The van der Waals surface area contributed by atoms with Gasteiger partial charge in [-0.25, -0.2) is 4.79 Å². The highest BCUT2D eigenvalue weighted by Crippen LogP contribution is 2.16. The minimum Gasteiger partial charge on any atom is -0.296 e. The molecular formula is C15H16O3. The van der Waals surface area contributed by atoms with Gasteiger partial charge in [-0.05, 0) is 28.5 Å². The van der Waals surface area contributed by atoms with E-state index < -0.39 is 5.97 Å². The zero-order valence-corrected chi connectivity index (χ0v) is 10.5. The van der Waals surface area contributed by atoms with Crippen LogP contribution in [-0.4, -0.2) is 11.2 Å². The van der Waals surface area contributed by atoms with Gasteiger partial charge in [0.25, 0.3) is 0 Å². The van der Waals surface area contributed by atoms with Crippen molar-refractivity contribution in [2.75, 3.05) is 0 Å². The first-order valence-corrected chi connectivity index (χ1v) is 5.82. The van der Waals surface area contributed by atoms with Crippen LogP contribution in [0.2, 0.25) is 0 Å². The van der Waals surface area contributed by atoms with E-state index in [1.807, 2.05) is 56.3 Å². The molecule has 0 radical (unpaired) electrons. The zero-order valence-electron chi connectivity index (χ0n) is 10.5. The Balaban J connectivity index is 0.000000771. The number of rotatable bonds is 2. The van der Waals surface area contributed by atoms with E-state index in [0.717, 1.165) is 16.3 Å². The first-order valence-electron chi connectivity index (χ1n) is 5.82.